The highest BCUT2D eigenvalue weighted by Gasteiger charge is 2.05. The molecule has 0 bridgehead atoms. The van der Waals surface area contributed by atoms with E-state index in [1.807, 2.05) is 55.1 Å². The molecule has 4 nitrogen and oxygen atoms in total. The number of benzene rings is 2. The number of nitrogens with zero attached hydrogens (tertiary/aromatic N) is 2. The summed E-state index contributed by atoms with van der Waals surface area (Å²) in [6.07, 6.45) is 3.67. The van der Waals surface area contributed by atoms with Crippen molar-refractivity contribution in [1.82, 2.24) is 9.99 Å². The predicted molar refractivity (Wildman–Crippen MR) is 89.2 cm³/mol. The van der Waals surface area contributed by atoms with E-state index in [0.29, 0.717) is 5.56 Å². The Kier molecular flexibility index (Phi) is 3.74. The molecule has 22 heavy (non-hydrogen) atoms. The molecule has 0 radical (unpaired) electrons. The first-order chi connectivity index (χ1) is 10.6. The Hall–Kier alpha value is -2.88. The van der Waals surface area contributed by atoms with E-state index in [4.69, 9.17) is 0 Å². The number of hydrazone groups is 1. The van der Waals surface area contributed by atoms with Gasteiger partial charge in [-0.3, -0.25) is 4.79 Å². The third kappa shape index (κ3) is 2.76. The third-order valence-electron chi connectivity index (χ3n) is 3.61. The molecule has 0 aliphatic carbocycles. The highest BCUT2D eigenvalue weighted by atomic mass is 16.2. The molecule has 0 aliphatic heterocycles. The fraction of sp³-hybridized carbons (Fsp3) is 0.111. The van der Waals surface area contributed by atoms with Crippen molar-refractivity contribution in [3.05, 3.63) is 71.4 Å². The van der Waals surface area contributed by atoms with Crippen LogP contribution in [0.1, 0.15) is 21.5 Å². The Labute approximate surface area is 129 Å². The number of aryl methyl sites for hydroxylation is 2. The Bertz CT molecular complexity index is 844. The number of nitrogens with one attached hydrogen (secondary N) is 1. The highest BCUT2D eigenvalue weighted by Crippen LogP contribution is 2.18. The summed E-state index contributed by atoms with van der Waals surface area (Å²) >= 11 is 0. The topological polar surface area (TPSA) is 46.4 Å². The minimum atomic E-state index is -0.212. The van der Waals surface area contributed by atoms with Crippen LogP contribution in [0, 0.1) is 6.92 Å². The molecule has 3 aromatic rings. The van der Waals surface area contributed by atoms with Crippen LogP contribution in [-0.2, 0) is 7.05 Å². The van der Waals surface area contributed by atoms with Gasteiger partial charge in [-0.25, -0.2) is 5.43 Å². The van der Waals surface area contributed by atoms with Crippen LogP contribution >= 0.6 is 0 Å². The fourth-order valence-corrected chi connectivity index (χ4v) is 2.41. The number of carbonyl (C=O) groups excluding carboxylic acids is 1. The van der Waals surface area contributed by atoms with Crippen LogP contribution in [0.4, 0.5) is 0 Å². The first-order valence-electron chi connectivity index (χ1n) is 7.09. The van der Waals surface area contributed by atoms with E-state index in [9.17, 15) is 4.79 Å². The van der Waals surface area contributed by atoms with Crippen LogP contribution < -0.4 is 5.43 Å². The number of para-hydroxylation sites is 1. The minimum absolute atomic E-state index is 0.212. The zero-order chi connectivity index (χ0) is 15.5. The van der Waals surface area contributed by atoms with Gasteiger partial charge in [0.2, 0.25) is 0 Å². The van der Waals surface area contributed by atoms with Crippen LogP contribution in [0.3, 0.4) is 0 Å². The molecule has 0 spiro atoms. The van der Waals surface area contributed by atoms with Gasteiger partial charge in [0, 0.05) is 35.3 Å². The molecule has 1 amide bonds. The number of aromatic nitrogens is 1. The smallest absolute Gasteiger partial charge is 0.271 e. The zero-order valence-corrected chi connectivity index (χ0v) is 12.6. The van der Waals surface area contributed by atoms with Crippen LogP contribution in [0.5, 0.6) is 0 Å². The van der Waals surface area contributed by atoms with Crippen molar-refractivity contribution in [3.63, 3.8) is 0 Å². The molecular weight excluding hydrogens is 274 g/mol. The van der Waals surface area contributed by atoms with Crippen molar-refractivity contribution < 1.29 is 4.79 Å². The molecule has 0 atom stereocenters. The van der Waals surface area contributed by atoms with E-state index in [1.165, 1.54) is 0 Å². The van der Waals surface area contributed by atoms with Gasteiger partial charge in [-0.2, -0.15) is 5.10 Å². The lowest BCUT2D eigenvalue weighted by Crippen LogP contribution is -2.17. The van der Waals surface area contributed by atoms with Crippen molar-refractivity contribution in [3.8, 4) is 0 Å². The molecule has 1 aromatic heterocycles. The summed E-state index contributed by atoms with van der Waals surface area (Å²) in [5.74, 6) is -0.212. The zero-order valence-electron chi connectivity index (χ0n) is 12.6. The molecule has 1 N–H and O–H groups in total. The second kappa shape index (κ2) is 5.85. The molecule has 0 aliphatic rings. The summed E-state index contributed by atoms with van der Waals surface area (Å²) in [6, 6.07) is 15.5. The van der Waals surface area contributed by atoms with Gasteiger partial charge in [-0.1, -0.05) is 35.9 Å². The molecular formula is C18H17N3O. The van der Waals surface area contributed by atoms with Gasteiger partial charge in [0.15, 0.2) is 0 Å². The molecule has 4 heteroatoms. The van der Waals surface area contributed by atoms with E-state index in [0.717, 1.165) is 22.0 Å². The lowest BCUT2D eigenvalue weighted by atomic mass is 10.1. The molecule has 3 rings (SSSR count). The maximum absolute atomic E-state index is 12.0. The normalized spacial score (nSPS) is 11.2. The quantitative estimate of drug-likeness (QED) is 0.584. The maximum atomic E-state index is 12.0. The fourth-order valence-electron chi connectivity index (χ4n) is 2.41. The lowest BCUT2D eigenvalue weighted by Gasteiger charge is -1.99. The highest BCUT2D eigenvalue weighted by molar-refractivity contribution is 6.00. The van der Waals surface area contributed by atoms with E-state index < -0.39 is 0 Å². The molecule has 2 aromatic carbocycles. The van der Waals surface area contributed by atoms with Gasteiger partial charge in [0.1, 0.15) is 0 Å². The van der Waals surface area contributed by atoms with Crippen LogP contribution in [0.25, 0.3) is 10.9 Å². The summed E-state index contributed by atoms with van der Waals surface area (Å²) in [5.41, 5.74) is 6.39. The average molecular weight is 291 g/mol. The van der Waals surface area contributed by atoms with Crippen molar-refractivity contribution in [2.24, 2.45) is 12.1 Å². The summed E-state index contributed by atoms with van der Waals surface area (Å²) < 4.78 is 2.04. The van der Waals surface area contributed by atoms with Gasteiger partial charge in [-0.05, 0) is 25.1 Å². The van der Waals surface area contributed by atoms with Crippen LogP contribution in [-0.4, -0.2) is 16.7 Å². The van der Waals surface area contributed by atoms with Crippen molar-refractivity contribution in [2.75, 3.05) is 0 Å². The van der Waals surface area contributed by atoms with Gasteiger partial charge in [-0.15, -0.1) is 0 Å². The SMILES string of the molecule is Cc1ccc(C(=O)NN=Cc2cn(C)c3ccccc23)cc1. The number of amides is 1. The summed E-state index contributed by atoms with van der Waals surface area (Å²) in [7, 11) is 1.99. The Balaban J connectivity index is 1.76. The number of hydrogen-bond acceptors (Lipinski definition) is 2. The lowest BCUT2D eigenvalue weighted by molar-refractivity contribution is 0.0955. The van der Waals surface area contributed by atoms with E-state index in [2.05, 4.69) is 16.6 Å². The standard InChI is InChI=1S/C18H17N3O/c1-13-7-9-14(10-8-13)18(22)20-19-11-15-12-21(2)17-6-4-3-5-16(15)17/h3-12H,1-2H3,(H,20,22). The van der Waals surface area contributed by atoms with Crippen LogP contribution in [0.2, 0.25) is 0 Å². The number of hydrogen-bond donors (Lipinski definition) is 1. The molecule has 1 heterocycles. The molecule has 0 saturated carbocycles. The van der Waals surface area contributed by atoms with Gasteiger partial charge < -0.3 is 4.57 Å². The monoisotopic (exact) mass is 291 g/mol. The average Bonchev–Trinajstić information content (AvgIpc) is 2.85. The van der Waals surface area contributed by atoms with E-state index in [1.54, 1.807) is 18.3 Å². The van der Waals surface area contributed by atoms with Crippen molar-refractivity contribution in [1.29, 1.82) is 0 Å². The van der Waals surface area contributed by atoms with Crippen LogP contribution in [0.15, 0.2) is 59.8 Å². The Morgan fingerprint density at radius 2 is 1.86 bits per heavy atom. The molecule has 110 valence electrons. The van der Waals surface area contributed by atoms with Crippen molar-refractivity contribution in [2.45, 2.75) is 6.92 Å². The summed E-state index contributed by atoms with van der Waals surface area (Å²) in [6.45, 7) is 1.99. The Morgan fingerprint density at radius 1 is 1.14 bits per heavy atom. The second-order valence-corrected chi connectivity index (χ2v) is 5.28. The Morgan fingerprint density at radius 3 is 2.64 bits per heavy atom. The molecule has 0 unspecified atom stereocenters. The first kappa shape index (κ1) is 14.1. The van der Waals surface area contributed by atoms with Crippen molar-refractivity contribution >= 4 is 23.0 Å². The number of fused-ring (bicyclic) bond motifs is 1. The summed E-state index contributed by atoms with van der Waals surface area (Å²) in [5, 5.41) is 5.18. The maximum Gasteiger partial charge on any atom is 0.271 e. The number of carbonyl (C=O) groups is 1. The van der Waals surface area contributed by atoms with Gasteiger partial charge in [0.05, 0.1) is 6.21 Å². The largest absolute Gasteiger partial charge is 0.350 e. The van der Waals surface area contributed by atoms with Gasteiger partial charge in [0.25, 0.3) is 5.91 Å². The first-order valence-corrected chi connectivity index (χ1v) is 7.09. The van der Waals surface area contributed by atoms with E-state index in [-0.39, 0.29) is 5.91 Å². The van der Waals surface area contributed by atoms with Gasteiger partial charge >= 0.3 is 0 Å². The number of rotatable bonds is 3. The predicted octanol–water partition coefficient (Wildman–Crippen LogP) is 3.25. The minimum Gasteiger partial charge on any atom is -0.350 e. The molecule has 0 fully saturated rings. The second-order valence-electron chi connectivity index (χ2n) is 5.28. The molecule has 0 saturated heterocycles. The third-order valence-corrected chi connectivity index (χ3v) is 3.61. The summed E-state index contributed by atoms with van der Waals surface area (Å²) in [4.78, 5) is 12.0. The van der Waals surface area contributed by atoms with E-state index >= 15 is 0 Å².